The van der Waals surface area contributed by atoms with Crippen LogP contribution in [0.15, 0.2) is 36.4 Å². The second-order valence-corrected chi connectivity index (χ2v) is 7.52. The van der Waals surface area contributed by atoms with E-state index in [1.165, 1.54) is 21.6 Å². The summed E-state index contributed by atoms with van der Waals surface area (Å²) >= 11 is 0. The second kappa shape index (κ2) is 7.61. The smallest absolute Gasteiger partial charge is 0.279 e. The van der Waals surface area contributed by atoms with Gasteiger partial charge >= 0.3 is 0 Å². The molecule has 2 heterocycles. The first kappa shape index (κ1) is 17.9. The van der Waals surface area contributed by atoms with E-state index in [1.807, 2.05) is 31.2 Å². The maximum Gasteiger partial charge on any atom is 0.279 e. The number of hydrogen-bond donors (Lipinski definition) is 2. The third-order valence-corrected chi connectivity index (χ3v) is 5.53. The molecule has 27 heavy (non-hydrogen) atoms. The van der Waals surface area contributed by atoms with Crippen LogP contribution < -0.4 is 19.7 Å². The van der Waals surface area contributed by atoms with Crippen molar-refractivity contribution in [1.82, 2.24) is 0 Å². The molecule has 1 amide bonds. The Morgan fingerprint density at radius 2 is 1.85 bits per heavy atom. The number of nitrogens with one attached hydrogen (secondary N) is 2. The van der Waals surface area contributed by atoms with Gasteiger partial charge in [-0.05, 0) is 43.7 Å². The minimum absolute atomic E-state index is 0.0542. The first-order chi connectivity index (χ1) is 13.1. The summed E-state index contributed by atoms with van der Waals surface area (Å²) in [6.45, 7) is 7.03. The van der Waals surface area contributed by atoms with Crippen LogP contribution in [0.4, 0.5) is 5.69 Å². The number of aryl methyl sites for hydroxylation is 1. The highest BCUT2D eigenvalue weighted by Gasteiger charge is 2.31. The first-order valence-electron chi connectivity index (χ1n) is 9.73. The Morgan fingerprint density at radius 3 is 2.59 bits per heavy atom. The second-order valence-electron chi connectivity index (χ2n) is 7.52. The van der Waals surface area contributed by atoms with E-state index in [2.05, 4.69) is 24.4 Å². The number of quaternary nitrogens is 1. The fraction of sp³-hybridized carbons (Fsp3) is 0.409. The van der Waals surface area contributed by atoms with Crippen LogP contribution in [0.2, 0.25) is 0 Å². The van der Waals surface area contributed by atoms with Crippen molar-refractivity contribution in [2.45, 2.75) is 32.7 Å². The molecule has 142 valence electrons. The summed E-state index contributed by atoms with van der Waals surface area (Å²) in [5.74, 6) is 1.75. The Labute approximate surface area is 160 Å². The van der Waals surface area contributed by atoms with Crippen molar-refractivity contribution in [3.63, 3.8) is 0 Å². The van der Waals surface area contributed by atoms with E-state index in [9.17, 15) is 4.79 Å². The van der Waals surface area contributed by atoms with Crippen molar-refractivity contribution in [2.75, 3.05) is 31.6 Å². The standard InChI is InChI=1S/C22H26N2O3/c1-15-4-6-18(7-5-15)23-22(25)14-24-9-8-17-12-20-21(13-19(17)16(24)2)27-11-3-10-26-20/h4-7,12-13,16H,3,8-11,14H2,1-2H3,(H,23,25)/p+1/t16-/m0/s1. The lowest BCUT2D eigenvalue weighted by Gasteiger charge is -2.32. The van der Waals surface area contributed by atoms with Gasteiger partial charge in [-0.15, -0.1) is 0 Å². The van der Waals surface area contributed by atoms with Crippen molar-refractivity contribution in [3.05, 3.63) is 53.1 Å². The molecular weight excluding hydrogens is 340 g/mol. The number of rotatable bonds is 3. The van der Waals surface area contributed by atoms with Crippen LogP contribution in [0.3, 0.4) is 0 Å². The van der Waals surface area contributed by atoms with Crippen molar-refractivity contribution in [1.29, 1.82) is 0 Å². The molecule has 0 radical (unpaired) electrons. The summed E-state index contributed by atoms with van der Waals surface area (Å²) < 4.78 is 11.7. The van der Waals surface area contributed by atoms with E-state index in [0.717, 1.165) is 36.6 Å². The highest BCUT2D eigenvalue weighted by atomic mass is 16.5. The van der Waals surface area contributed by atoms with Crippen LogP contribution in [0.1, 0.15) is 36.1 Å². The van der Waals surface area contributed by atoms with Gasteiger partial charge in [-0.3, -0.25) is 4.79 Å². The van der Waals surface area contributed by atoms with E-state index in [4.69, 9.17) is 9.47 Å². The molecule has 2 aliphatic rings. The highest BCUT2D eigenvalue weighted by molar-refractivity contribution is 5.91. The zero-order valence-electron chi connectivity index (χ0n) is 16.0. The quantitative estimate of drug-likeness (QED) is 0.875. The van der Waals surface area contributed by atoms with Crippen LogP contribution >= 0.6 is 0 Å². The number of carbonyl (C=O) groups is 1. The number of ether oxygens (including phenoxy) is 2. The first-order valence-corrected chi connectivity index (χ1v) is 9.73. The Balaban J connectivity index is 1.46. The lowest BCUT2D eigenvalue weighted by Crippen LogP contribution is -3.14. The fourth-order valence-electron chi connectivity index (χ4n) is 3.91. The number of benzene rings is 2. The molecule has 2 aromatic rings. The topological polar surface area (TPSA) is 52.0 Å². The molecule has 0 aliphatic carbocycles. The average Bonchev–Trinajstić information content (AvgIpc) is 2.89. The summed E-state index contributed by atoms with van der Waals surface area (Å²) in [6, 6.07) is 12.4. The molecule has 1 unspecified atom stereocenters. The Bertz CT molecular complexity index is 832. The molecule has 5 heteroatoms. The fourth-order valence-corrected chi connectivity index (χ4v) is 3.91. The van der Waals surface area contributed by atoms with Crippen molar-refractivity contribution in [3.8, 4) is 11.5 Å². The summed E-state index contributed by atoms with van der Waals surface area (Å²) in [5.41, 5.74) is 4.62. The van der Waals surface area contributed by atoms with E-state index >= 15 is 0 Å². The predicted octanol–water partition coefficient (Wildman–Crippen LogP) is 2.30. The van der Waals surface area contributed by atoms with E-state index in [0.29, 0.717) is 19.8 Å². The summed E-state index contributed by atoms with van der Waals surface area (Å²) in [4.78, 5) is 13.8. The van der Waals surface area contributed by atoms with Crippen molar-refractivity contribution in [2.24, 2.45) is 0 Å². The van der Waals surface area contributed by atoms with Crippen LogP contribution in [0, 0.1) is 6.92 Å². The number of fused-ring (bicyclic) bond motifs is 2. The zero-order chi connectivity index (χ0) is 18.8. The monoisotopic (exact) mass is 367 g/mol. The van der Waals surface area contributed by atoms with Gasteiger partial charge < -0.3 is 19.7 Å². The zero-order valence-corrected chi connectivity index (χ0v) is 16.0. The van der Waals surface area contributed by atoms with Gasteiger partial charge in [0, 0.05) is 24.1 Å². The van der Waals surface area contributed by atoms with Gasteiger partial charge in [0.25, 0.3) is 5.91 Å². The maximum atomic E-state index is 12.5. The number of anilines is 1. The predicted molar refractivity (Wildman–Crippen MR) is 105 cm³/mol. The van der Waals surface area contributed by atoms with Crippen LogP contribution in [0.25, 0.3) is 0 Å². The summed E-state index contributed by atoms with van der Waals surface area (Å²) in [5, 5.41) is 3.01. The molecule has 0 saturated heterocycles. The van der Waals surface area contributed by atoms with Gasteiger partial charge in [0.15, 0.2) is 18.0 Å². The van der Waals surface area contributed by atoms with Crippen LogP contribution in [-0.2, 0) is 11.2 Å². The molecule has 2 N–H and O–H groups in total. The molecule has 0 bridgehead atoms. The molecule has 0 fully saturated rings. The maximum absolute atomic E-state index is 12.5. The molecule has 5 nitrogen and oxygen atoms in total. The van der Waals surface area contributed by atoms with Gasteiger partial charge in [-0.25, -0.2) is 0 Å². The minimum atomic E-state index is 0.0542. The van der Waals surface area contributed by atoms with Crippen molar-refractivity contribution < 1.29 is 19.2 Å². The van der Waals surface area contributed by atoms with Gasteiger partial charge in [0.1, 0.15) is 6.04 Å². The number of amides is 1. The molecule has 2 aliphatic heterocycles. The molecule has 0 spiro atoms. The van der Waals surface area contributed by atoms with Crippen LogP contribution in [-0.4, -0.2) is 32.2 Å². The molecule has 0 aromatic heterocycles. The van der Waals surface area contributed by atoms with E-state index in [-0.39, 0.29) is 11.9 Å². The minimum Gasteiger partial charge on any atom is -0.490 e. The van der Waals surface area contributed by atoms with Gasteiger partial charge in [0.2, 0.25) is 0 Å². The van der Waals surface area contributed by atoms with Gasteiger partial charge in [0.05, 0.1) is 19.8 Å². The lowest BCUT2D eigenvalue weighted by atomic mass is 9.93. The Hall–Kier alpha value is -2.53. The normalized spacial score (nSPS) is 21.1. The lowest BCUT2D eigenvalue weighted by molar-refractivity contribution is -0.924. The largest absolute Gasteiger partial charge is 0.490 e. The highest BCUT2D eigenvalue weighted by Crippen LogP contribution is 2.35. The Morgan fingerprint density at radius 1 is 1.15 bits per heavy atom. The van der Waals surface area contributed by atoms with Gasteiger partial charge in [-0.1, -0.05) is 17.7 Å². The number of carbonyl (C=O) groups excluding carboxylic acids is 1. The third kappa shape index (κ3) is 3.93. The van der Waals surface area contributed by atoms with E-state index in [1.54, 1.807) is 0 Å². The molecule has 2 aromatic carbocycles. The van der Waals surface area contributed by atoms with Gasteiger partial charge in [-0.2, -0.15) is 0 Å². The summed E-state index contributed by atoms with van der Waals surface area (Å²) in [6.07, 6.45) is 1.86. The third-order valence-electron chi connectivity index (χ3n) is 5.53. The number of hydrogen-bond acceptors (Lipinski definition) is 3. The van der Waals surface area contributed by atoms with E-state index < -0.39 is 0 Å². The molecule has 2 atom stereocenters. The summed E-state index contributed by atoms with van der Waals surface area (Å²) in [7, 11) is 0. The van der Waals surface area contributed by atoms with Crippen molar-refractivity contribution >= 4 is 11.6 Å². The molecular formula is C22H27N2O3+. The molecule has 4 rings (SSSR count). The van der Waals surface area contributed by atoms with Crippen LogP contribution in [0.5, 0.6) is 11.5 Å². The molecule has 0 saturated carbocycles. The SMILES string of the molecule is Cc1ccc(NC(=O)C[NH+]2CCc3cc4c(cc3[C@@H]2C)OCCCO4)cc1. The Kier molecular flexibility index (Phi) is 5.03. The average molecular weight is 367 g/mol.